The van der Waals surface area contributed by atoms with Crippen molar-refractivity contribution in [2.75, 3.05) is 0 Å². The third-order valence-electron chi connectivity index (χ3n) is 3.20. The van der Waals surface area contributed by atoms with E-state index >= 15 is 0 Å². The Morgan fingerprint density at radius 3 is 1.69 bits per heavy atom. The summed E-state index contributed by atoms with van der Waals surface area (Å²) in [6.45, 7) is 23.7. The molecule has 0 radical (unpaired) electrons. The Hall–Kier alpha value is -0.709. The van der Waals surface area contributed by atoms with Gasteiger partial charge in [-0.2, -0.15) is 0 Å². The molecule has 0 aromatic heterocycles. The average molecular weight is 449 g/mol. The van der Waals surface area contributed by atoms with Gasteiger partial charge >= 0.3 is 21.7 Å². The van der Waals surface area contributed by atoms with Crippen LogP contribution in [0.15, 0.2) is 54.6 Å². The van der Waals surface area contributed by atoms with E-state index in [1.54, 1.807) is 17.2 Å². The molecule has 1 unspecified atom stereocenters. The Morgan fingerprint density at radius 2 is 1.38 bits per heavy atom. The van der Waals surface area contributed by atoms with E-state index in [1.807, 2.05) is 60.6 Å². The molecule has 29 heavy (non-hydrogen) atoms. The second-order valence-corrected chi connectivity index (χ2v) is 12.7. The van der Waals surface area contributed by atoms with Crippen LogP contribution in [0.25, 0.3) is 17.5 Å². The zero-order chi connectivity index (χ0) is 22.5. The molecule has 1 aliphatic carbocycles. The topological polar surface area (TPSA) is 47.6 Å². The Labute approximate surface area is 198 Å². The molecule has 0 spiro atoms. The van der Waals surface area contributed by atoms with Crippen molar-refractivity contribution in [1.82, 2.24) is 0 Å². The summed E-state index contributed by atoms with van der Waals surface area (Å²) in [5, 5.41) is 0. The smallest absolute Gasteiger partial charge is 0.673 e. The van der Waals surface area contributed by atoms with Gasteiger partial charge in [-0.1, -0.05) is 115 Å². The van der Waals surface area contributed by atoms with Crippen LogP contribution in [0.2, 0.25) is 13.1 Å². The maximum atomic E-state index is 6.94. The normalized spacial score (nSPS) is 14.8. The van der Waals surface area contributed by atoms with E-state index in [-0.39, 0.29) is 32.8 Å². The van der Waals surface area contributed by atoms with Crippen molar-refractivity contribution >= 4 is 14.9 Å². The third kappa shape index (κ3) is 21.8. The van der Waals surface area contributed by atoms with Crippen LogP contribution >= 0.6 is 0 Å². The summed E-state index contributed by atoms with van der Waals surface area (Å²) in [5.41, 5.74) is 18.8. The molecule has 2 nitrogen and oxygen atoms in total. The first-order chi connectivity index (χ1) is 12.6. The molecule has 0 fully saturated rings. The second-order valence-electron chi connectivity index (χ2n) is 9.50. The van der Waals surface area contributed by atoms with E-state index in [0.29, 0.717) is 0 Å². The predicted octanol–water partition coefficient (Wildman–Crippen LogP) is 8.63. The number of benzene rings is 1. The largest absolute Gasteiger partial charge is 2.00 e. The number of rotatable bonds is 2. The summed E-state index contributed by atoms with van der Waals surface area (Å²) >= 11 is 0. The second kappa shape index (κ2) is 16.0. The van der Waals surface area contributed by atoms with Crippen LogP contribution in [-0.2, 0) is 21.7 Å². The molecular weight excluding hydrogens is 404 g/mol. The van der Waals surface area contributed by atoms with Crippen molar-refractivity contribution in [3.05, 3.63) is 77.2 Å². The van der Waals surface area contributed by atoms with E-state index in [4.69, 9.17) is 11.5 Å². The number of allylic oxidation sites excluding steroid dienone is 4. The molecule has 0 amide bonds. The maximum Gasteiger partial charge on any atom is 2.00 e. The van der Waals surface area contributed by atoms with Gasteiger partial charge in [-0.15, -0.1) is 11.1 Å². The monoisotopic (exact) mass is 448 g/mol. The van der Waals surface area contributed by atoms with Gasteiger partial charge in [-0.05, 0) is 30.5 Å². The van der Waals surface area contributed by atoms with Crippen LogP contribution in [0.4, 0.5) is 0 Å². The van der Waals surface area contributed by atoms with Crippen molar-refractivity contribution < 1.29 is 21.7 Å². The Morgan fingerprint density at radius 1 is 0.966 bits per heavy atom. The number of hydrogen-bond acceptors (Lipinski definition) is 0. The molecule has 0 saturated carbocycles. The van der Waals surface area contributed by atoms with Crippen LogP contribution in [0.1, 0.15) is 72.1 Å². The van der Waals surface area contributed by atoms with Crippen LogP contribution in [0, 0.1) is 0 Å². The third-order valence-corrected chi connectivity index (χ3v) is 5.42. The summed E-state index contributed by atoms with van der Waals surface area (Å²) in [7, 11) is -0.586. The SMILES string of the molecule is C=CC=CC.CC(C)(C)[NH-].CC(C)(C)[NH-].CC1=Cc2ccccc2C1[SiH](C)C.[Ti+2]. The van der Waals surface area contributed by atoms with Crippen LogP contribution in [0.5, 0.6) is 0 Å². The minimum absolute atomic E-state index is 0. The van der Waals surface area contributed by atoms with Crippen molar-refractivity contribution in [1.29, 1.82) is 0 Å². The molecule has 0 saturated heterocycles. The molecule has 1 aliphatic rings. The maximum absolute atomic E-state index is 6.94. The van der Waals surface area contributed by atoms with E-state index in [9.17, 15) is 0 Å². The van der Waals surface area contributed by atoms with E-state index in [2.05, 4.69) is 56.9 Å². The molecule has 2 rings (SSSR count). The fraction of sp³-hybridized carbons (Fsp3) is 0.520. The molecule has 162 valence electrons. The van der Waals surface area contributed by atoms with Crippen molar-refractivity contribution in [2.24, 2.45) is 0 Å². The van der Waals surface area contributed by atoms with Gasteiger partial charge in [-0.3, -0.25) is 0 Å². The summed E-state index contributed by atoms with van der Waals surface area (Å²) in [6, 6.07) is 8.82. The molecule has 1 aromatic carbocycles. The zero-order valence-corrected chi connectivity index (χ0v) is 23.2. The fourth-order valence-electron chi connectivity index (χ4n) is 2.53. The number of nitrogens with one attached hydrogen (secondary N) is 2. The van der Waals surface area contributed by atoms with Crippen molar-refractivity contribution in [3.8, 4) is 0 Å². The molecular formula is C25H44N2SiTi. The van der Waals surface area contributed by atoms with Gasteiger partial charge < -0.3 is 11.5 Å². The van der Waals surface area contributed by atoms with Crippen LogP contribution < -0.4 is 0 Å². The number of hydrogen-bond donors (Lipinski definition) is 0. The summed E-state index contributed by atoms with van der Waals surface area (Å²) in [6.07, 6.45) is 7.93. The van der Waals surface area contributed by atoms with E-state index in [1.165, 1.54) is 5.56 Å². The van der Waals surface area contributed by atoms with Gasteiger partial charge in [0.1, 0.15) is 0 Å². The van der Waals surface area contributed by atoms with Crippen LogP contribution in [-0.4, -0.2) is 19.9 Å². The quantitative estimate of drug-likeness (QED) is 0.321. The zero-order valence-electron chi connectivity index (χ0n) is 20.5. The predicted molar refractivity (Wildman–Crippen MR) is 135 cm³/mol. The van der Waals surface area contributed by atoms with Crippen molar-refractivity contribution in [3.63, 3.8) is 0 Å². The minimum Gasteiger partial charge on any atom is -0.673 e. The Balaban J connectivity index is -0.000000357. The average Bonchev–Trinajstić information content (AvgIpc) is 2.81. The molecule has 2 N–H and O–H groups in total. The Kier molecular flexibility index (Phi) is 18.2. The molecule has 1 aromatic rings. The van der Waals surface area contributed by atoms with E-state index in [0.717, 1.165) is 5.54 Å². The first-order valence-electron chi connectivity index (χ1n) is 10.1. The van der Waals surface area contributed by atoms with Gasteiger partial charge in [0.25, 0.3) is 0 Å². The van der Waals surface area contributed by atoms with Gasteiger partial charge in [-0.25, -0.2) is 0 Å². The number of fused-ring (bicyclic) bond motifs is 1. The minimum atomic E-state index is -0.586. The fourth-order valence-corrected chi connectivity index (χ4v) is 4.70. The van der Waals surface area contributed by atoms with Crippen LogP contribution in [0.3, 0.4) is 0 Å². The van der Waals surface area contributed by atoms with Gasteiger partial charge in [0, 0.05) is 8.80 Å². The standard InChI is InChI=1S/C12H16Si.C5H8.2C4H10N.Ti/c1-9-8-10-6-4-5-7-11(10)12(9)13(2)3;1-3-5-4-2;2*1-4(2,3)5;/h4-8,12-13H,1-3H3;3-5H,1H2,2H3;2*5H,1-3H3;/q;;2*-1;+2. The van der Waals surface area contributed by atoms with Gasteiger partial charge in [0.05, 0.1) is 0 Å². The van der Waals surface area contributed by atoms with E-state index < -0.39 is 8.80 Å². The molecule has 0 aliphatic heterocycles. The first kappa shape index (κ1) is 32.9. The summed E-state index contributed by atoms with van der Waals surface area (Å²) in [4.78, 5) is 0. The molecule has 0 bridgehead atoms. The van der Waals surface area contributed by atoms with Gasteiger partial charge in [0.2, 0.25) is 0 Å². The molecule has 4 heteroatoms. The van der Waals surface area contributed by atoms with Crippen molar-refractivity contribution in [2.45, 2.75) is 85.1 Å². The summed E-state index contributed by atoms with van der Waals surface area (Å²) < 4.78 is 0. The summed E-state index contributed by atoms with van der Waals surface area (Å²) in [5.74, 6) is 0. The Bertz CT molecular complexity index is 596. The first-order valence-corrected chi connectivity index (χ1v) is 13.1. The van der Waals surface area contributed by atoms with Gasteiger partial charge in [0.15, 0.2) is 0 Å². The molecule has 1 atom stereocenters. The molecule has 0 heterocycles.